The van der Waals surface area contributed by atoms with E-state index in [1.165, 1.54) is 25.2 Å². The van der Waals surface area contributed by atoms with Crippen LogP contribution in [0.1, 0.15) is 12.8 Å². The van der Waals surface area contributed by atoms with Crippen molar-refractivity contribution in [1.82, 2.24) is 9.97 Å². The minimum atomic E-state index is -0.504. The molecule has 0 bridgehead atoms. The first-order chi connectivity index (χ1) is 7.75. The van der Waals surface area contributed by atoms with E-state index in [-0.39, 0.29) is 0 Å². The second-order valence-corrected chi connectivity index (χ2v) is 4.14. The van der Waals surface area contributed by atoms with Gasteiger partial charge in [-0.1, -0.05) is 0 Å². The van der Waals surface area contributed by atoms with E-state index < -0.39 is 5.95 Å². The van der Waals surface area contributed by atoms with Crippen molar-refractivity contribution in [3.05, 3.63) is 18.3 Å². The van der Waals surface area contributed by atoms with Crippen LogP contribution in [0, 0.1) is 11.9 Å². The van der Waals surface area contributed by atoms with E-state index in [0.29, 0.717) is 19.0 Å². The molecule has 0 atom stereocenters. The van der Waals surface area contributed by atoms with Crippen LogP contribution < -0.4 is 4.90 Å². The standard InChI is InChI=1S/C11H16FN3O/c1-15(4-5-16-7-9-2-3-9)11-6-10(12)13-8-14-11/h6,8-9H,2-5,7H2,1H3. The molecule has 4 nitrogen and oxygen atoms in total. The lowest BCUT2D eigenvalue weighted by Gasteiger charge is -2.17. The number of hydrogen-bond acceptors (Lipinski definition) is 4. The molecule has 5 heteroatoms. The Balaban J connectivity index is 1.71. The Hall–Kier alpha value is -1.23. The van der Waals surface area contributed by atoms with Gasteiger partial charge in [-0.25, -0.2) is 9.97 Å². The normalized spacial score (nSPS) is 15.1. The van der Waals surface area contributed by atoms with Crippen molar-refractivity contribution in [1.29, 1.82) is 0 Å². The molecule has 1 heterocycles. The highest BCUT2D eigenvalue weighted by molar-refractivity contribution is 5.35. The second kappa shape index (κ2) is 5.21. The van der Waals surface area contributed by atoms with E-state index in [4.69, 9.17) is 4.74 Å². The summed E-state index contributed by atoms with van der Waals surface area (Å²) in [7, 11) is 1.86. The Morgan fingerprint density at radius 1 is 1.50 bits per heavy atom. The number of ether oxygens (including phenoxy) is 1. The molecule has 88 valence electrons. The topological polar surface area (TPSA) is 38.2 Å². The zero-order valence-electron chi connectivity index (χ0n) is 9.40. The lowest BCUT2D eigenvalue weighted by molar-refractivity contribution is 0.130. The van der Waals surface area contributed by atoms with Gasteiger partial charge in [-0.05, 0) is 18.8 Å². The minimum Gasteiger partial charge on any atom is -0.379 e. The smallest absolute Gasteiger partial charge is 0.218 e. The SMILES string of the molecule is CN(CCOCC1CC1)c1cc(F)ncn1. The first-order valence-electron chi connectivity index (χ1n) is 5.52. The van der Waals surface area contributed by atoms with Gasteiger partial charge in [0.1, 0.15) is 12.1 Å². The summed E-state index contributed by atoms with van der Waals surface area (Å²) in [5.41, 5.74) is 0. The van der Waals surface area contributed by atoms with Crippen LogP contribution in [0.2, 0.25) is 0 Å². The van der Waals surface area contributed by atoms with Crippen LogP contribution in [0.3, 0.4) is 0 Å². The van der Waals surface area contributed by atoms with E-state index in [0.717, 1.165) is 12.5 Å². The van der Waals surface area contributed by atoms with Gasteiger partial charge in [0.05, 0.1) is 6.61 Å². The van der Waals surface area contributed by atoms with Crippen molar-refractivity contribution in [3.8, 4) is 0 Å². The molecule has 1 aromatic rings. The molecule has 1 fully saturated rings. The first kappa shape index (κ1) is 11.3. The molecule has 2 rings (SSSR count). The second-order valence-electron chi connectivity index (χ2n) is 4.14. The van der Waals surface area contributed by atoms with E-state index in [1.807, 2.05) is 11.9 Å². The summed E-state index contributed by atoms with van der Waals surface area (Å²) >= 11 is 0. The third-order valence-corrected chi connectivity index (χ3v) is 2.63. The Bertz CT molecular complexity index is 344. The van der Waals surface area contributed by atoms with Crippen molar-refractivity contribution in [2.75, 3.05) is 31.7 Å². The van der Waals surface area contributed by atoms with Gasteiger partial charge in [-0.15, -0.1) is 0 Å². The minimum absolute atomic E-state index is 0.504. The van der Waals surface area contributed by atoms with Gasteiger partial charge in [0.25, 0.3) is 0 Å². The molecular formula is C11H16FN3O. The number of nitrogens with zero attached hydrogens (tertiary/aromatic N) is 3. The molecule has 1 aromatic heterocycles. The average molecular weight is 225 g/mol. The summed E-state index contributed by atoms with van der Waals surface area (Å²) < 4.78 is 18.3. The Morgan fingerprint density at radius 2 is 2.31 bits per heavy atom. The fourth-order valence-corrected chi connectivity index (χ4v) is 1.38. The lowest BCUT2D eigenvalue weighted by atomic mass is 10.4. The summed E-state index contributed by atoms with van der Waals surface area (Å²) in [6, 6.07) is 1.32. The highest BCUT2D eigenvalue weighted by Gasteiger charge is 2.20. The van der Waals surface area contributed by atoms with Crippen LogP contribution in [0.15, 0.2) is 12.4 Å². The molecular weight excluding hydrogens is 209 g/mol. The van der Waals surface area contributed by atoms with Crippen molar-refractivity contribution in [2.45, 2.75) is 12.8 Å². The molecule has 1 aliphatic rings. The molecule has 0 aromatic carbocycles. The number of anilines is 1. The van der Waals surface area contributed by atoms with Gasteiger partial charge in [0.15, 0.2) is 0 Å². The van der Waals surface area contributed by atoms with E-state index >= 15 is 0 Å². The highest BCUT2D eigenvalue weighted by Crippen LogP contribution is 2.28. The van der Waals surface area contributed by atoms with E-state index in [1.54, 1.807) is 0 Å². The maximum atomic E-state index is 12.8. The number of aromatic nitrogens is 2. The predicted octanol–water partition coefficient (Wildman–Crippen LogP) is 1.48. The fourth-order valence-electron chi connectivity index (χ4n) is 1.38. The monoisotopic (exact) mass is 225 g/mol. The molecule has 0 unspecified atom stereocenters. The molecule has 0 N–H and O–H groups in total. The van der Waals surface area contributed by atoms with Gasteiger partial charge in [0, 0.05) is 26.3 Å². The number of likely N-dealkylation sites (N-methyl/N-ethyl adjacent to an activating group) is 1. The molecule has 0 saturated heterocycles. The summed E-state index contributed by atoms with van der Waals surface area (Å²) in [5.74, 6) is 0.861. The number of rotatable bonds is 6. The molecule has 0 radical (unpaired) electrons. The van der Waals surface area contributed by atoms with Gasteiger partial charge < -0.3 is 9.64 Å². The zero-order chi connectivity index (χ0) is 11.4. The van der Waals surface area contributed by atoms with Crippen molar-refractivity contribution >= 4 is 5.82 Å². The molecule has 1 aliphatic carbocycles. The number of hydrogen-bond donors (Lipinski definition) is 0. The van der Waals surface area contributed by atoms with Gasteiger partial charge >= 0.3 is 0 Å². The largest absolute Gasteiger partial charge is 0.379 e. The fraction of sp³-hybridized carbons (Fsp3) is 0.636. The van der Waals surface area contributed by atoms with Gasteiger partial charge in [-0.2, -0.15) is 4.39 Å². The van der Waals surface area contributed by atoms with Crippen molar-refractivity contribution in [2.24, 2.45) is 5.92 Å². The molecule has 0 spiro atoms. The van der Waals surface area contributed by atoms with Crippen LogP contribution in [0.5, 0.6) is 0 Å². The first-order valence-corrected chi connectivity index (χ1v) is 5.52. The third kappa shape index (κ3) is 3.41. The summed E-state index contributed by atoms with van der Waals surface area (Å²) in [5, 5.41) is 0. The number of halogens is 1. The predicted molar refractivity (Wildman–Crippen MR) is 58.8 cm³/mol. The molecule has 1 saturated carbocycles. The highest BCUT2D eigenvalue weighted by atomic mass is 19.1. The molecule has 16 heavy (non-hydrogen) atoms. The Morgan fingerprint density at radius 3 is 3.00 bits per heavy atom. The maximum Gasteiger partial charge on any atom is 0.218 e. The zero-order valence-corrected chi connectivity index (χ0v) is 9.40. The van der Waals surface area contributed by atoms with Crippen molar-refractivity contribution < 1.29 is 9.13 Å². The van der Waals surface area contributed by atoms with Crippen molar-refractivity contribution in [3.63, 3.8) is 0 Å². The van der Waals surface area contributed by atoms with Crippen LogP contribution in [-0.4, -0.2) is 36.8 Å². The lowest BCUT2D eigenvalue weighted by Crippen LogP contribution is -2.24. The maximum absolute atomic E-state index is 12.8. The van der Waals surface area contributed by atoms with Crippen LogP contribution in [0.25, 0.3) is 0 Å². The van der Waals surface area contributed by atoms with E-state index in [2.05, 4.69) is 9.97 Å². The quantitative estimate of drug-likeness (QED) is 0.543. The van der Waals surface area contributed by atoms with Gasteiger partial charge in [-0.3, -0.25) is 0 Å². The van der Waals surface area contributed by atoms with Crippen LogP contribution >= 0.6 is 0 Å². The summed E-state index contributed by atoms with van der Waals surface area (Å²) in [4.78, 5) is 9.26. The van der Waals surface area contributed by atoms with Crippen LogP contribution in [-0.2, 0) is 4.74 Å². The third-order valence-electron chi connectivity index (χ3n) is 2.63. The van der Waals surface area contributed by atoms with E-state index in [9.17, 15) is 4.39 Å². The van der Waals surface area contributed by atoms with Gasteiger partial charge in [0.2, 0.25) is 5.95 Å². The Kier molecular flexibility index (Phi) is 3.66. The summed E-state index contributed by atoms with van der Waals surface area (Å²) in [6.45, 7) is 2.22. The summed E-state index contributed by atoms with van der Waals surface area (Å²) in [6.07, 6.45) is 3.83. The van der Waals surface area contributed by atoms with Crippen LogP contribution in [0.4, 0.5) is 10.2 Å². The molecule has 0 aliphatic heterocycles. The Labute approximate surface area is 94.5 Å². The molecule has 0 amide bonds. The average Bonchev–Trinajstić information content (AvgIpc) is 3.08.